The molecule has 0 saturated heterocycles. The van der Waals surface area contributed by atoms with E-state index in [4.69, 9.17) is 9.15 Å². The number of furan rings is 1. The zero-order valence-corrected chi connectivity index (χ0v) is 26.6. The number of aromatic nitrogens is 1. The average Bonchev–Trinajstić information content (AvgIpc) is 3.56. The molecule has 0 unspecified atom stereocenters. The van der Waals surface area contributed by atoms with Gasteiger partial charge in [0.15, 0.2) is 0 Å². The van der Waals surface area contributed by atoms with Gasteiger partial charge in [0.05, 0.1) is 21.9 Å². The second-order valence-corrected chi connectivity index (χ2v) is 14.5. The fourth-order valence-corrected chi connectivity index (χ4v) is 7.01. The Balaban J connectivity index is 1.49. The van der Waals surface area contributed by atoms with E-state index in [2.05, 4.69) is 56.1 Å². The minimum atomic E-state index is -3.75. The summed E-state index contributed by atoms with van der Waals surface area (Å²) in [5.74, 6) is 2.11. The van der Waals surface area contributed by atoms with Crippen LogP contribution in [0.2, 0.25) is 0 Å². The fraction of sp³-hybridized carbons (Fsp3) is 0.469. The van der Waals surface area contributed by atoms with Crippen LogP contribution in [0.4, 0.5) is 0 Å². The molecule has 2 aromatic carbocycles. The Morgan fingerprint density at radius 3 is 2.29 bits per heavy atom. The summed E-state index contributed by atoms with van der Waals surface area (Å²) in [4.78, 5) is 7.25. The SMILES string of the molecule is CC(C)CN(CC(C)C)C[C@H](Cc1ccc(OCc2csc(C(C)C)n2)cc1)NS(=O)(=O)c1ccc2occc2c1. The quantitative estimate of drug-likeness (QED) is 0.157. The first-order chi connectivity index (χ1) is 19.5. The van der Waals surface area contributed by atoms with Crippen molar-refractivity contribution in [3.05, 3.63) is 76.4 Å². The summed E-state index contributed by atoms with van der Waals surface area (Å²) in [7, 11) is -3.75. The highest BCUT2D eigenvalue weighted by Gasteiger charge is 2.24. The van der Waals surface area contributed by atoms with Crippen molar-refractivity contribution in [2.45, 2.75) is 71.4 Å². The number of thiazole rings is 1. The first-order valence-electron chi connectivity index (χ1n) is 14.4. The number of rotatable bonds is 15. The molecule has 0 fully saturated rings. The predicted molar refractivity (Wildman–Crippen MR) is 167 cm³/mol. The molecule has 1 N–H and O–H groups in total. The monoisotopic (exact) mass is 597 g/mol. The smallest absolute Gasteiger partial charge is 0.240 e. The third kappa shape index (κ3) is 9.13. The molecule has 4 aromatic rings. The minimum Gasteiger partial charge on any atom is -0.487 e. The normalized spacial score (nSPS) is 13.2. The first kappa shape index (κ1) is 31.2. The highest BCUT2D eigenvalue weighted by Crippen LogP contribution is 2.23. The molecule has 0 spiro atoms. The minimum absolute atomic E-state index is 0.238. The van der Waals surface area contributed by atoms with E-state index in [0.29, 0.717) is 42.9 Å². The van der Waals surface area contributed by atoms with Crippen molar-refractivity contribution in [1.29, 1.82) is 0 Å². The molecule has 41 heavy (non-hydrogen) atoms. The molecule has 0 aliphatic heterocycles. The van der Waals surface area contributed by atoms with E-state index in [-0.39, 0.29) is 10.9 Å². The van der Waals surface area contributed by atoms with E-state index >= 15 is 0 Å². The molecule has 0 aliphatic rings. The van der Waals surface area contributed by atoms with E-state index in [0.717, 1.165) is 40.5 Å². The summed E-state index contributed by atoms with van der Waals surface area (Å²) in [6.07, 6.45) is 2.13. The van der Waals surface area contributed by atoms with E-state index in [1.54, 1.807) is 41.9 Å². The van der Waals surface area contributed by atoms with Crippen LogP contribution >= 0.6 is 11.3 Å². The molecule has 0 aliphatic carbocycles. The Kier molecular flexibility index (Phi) is 10.6. The number of fused-ring (bicyclic) bond motifs is 1. The average molecular weight is 598 g/mol. The van der Waals surface area contributed by atoms with Crippen LogP contribution in [0.3, 0.4) is 0 Å². The van der Waals surface area contributed by atoms with Gasteiger partial charge in [-0.2, -0.15) is 0 Å². The molecular formula is C32H43N3O4S2. The molecule has 0 radical (unpaired) electrons. The number of sulfonamides is 1. The summed E-state index contributed by atoms with van der Waals surface area (Å²) >= 11 is 1.66. The molecule has 222 valence electrons. The number of nitrogens with zero attached hydrogens (tertiary/aromatic N) is 2. The van der Waals surface area contributed by atoms with E-state index in [1.807, 2.05) is 29.6 Å². The number of hydrogen-bond acceptors (Lipinski definition) is 7. The Morgan fingerprint density at radius 1 is 0.951 bits per heavy atom. The lowest BCUT2D eigenvalue weighted by Gasteiger charge is -2.30. The zero-order valence-electron chi connectivity index (χ0n) is 25.0. The van der Waals surface area contributed by atoms with Crippen LogP contribution in [0.25, 0.3) is 11.0 Å². The predicted octanol–water partition coefficient (Wildman–Crippen LogP) is 7.10. The van der Waals surface area contributed by atoms with Crippen LogP contribution in [0, 0.1) is 11.8 Å². The van der Waals surface area contributed by atoms with Crippen molar-refractivity contribution < 1.29 is 17.6 Å². The van der Waals surface area contributed by atoms with E-state index in [9.17, 15) is 8.42 Å². The molecular weight excluding hydrogens is 555 g/mol. The lowest BCUT2D eigenvalue weighted by Crippen LogP contribution is -2.46. The highest BCUT2D eigenvalue weighted by molar-refractivity contribution is 7.89. The molecule has 9 heteroatoms. The summed E-state index contributed by atoms with van der Waals surface area (Å²) in [5, 5.41) is 3.92. The van der Waals surface area contributed by atoms with Gasteiger partial charge in [0, 0.05) is 42.4 Å². The van der Waals surface area contributed by atoms with Gasteiger partial charge in [0.25, 0.3) is 0 Å². The van der Waals surface area contributed by atoms with Crippen LogP contribution in [-0.2, 0) is 23.1 Å². The third-order valence-electron chi connectivity index (χ3n) is 6.64. The summed E-state index contributed by atoms with van der Waals surface area (Å²) in [6, 6.07) is 14.4. The molecule has 0 amide bonds. The van der Waals surface area contributed by atoms with Crippen molar-refractivity contribution in [2.24, 2.45) is 11.8 Å². The summed E-state index contributed by atoms with van der Waals surface area (Å²) < 4.78 is 41.5. The van der Waals surface area contributed by atoms with Gasteiger partial charge in [0.2, 0.25) is 10.0 Å². The molecule has 0 bridgehead atoms. The first-order valence-corrected chi connectivity index (χ1v) is 16.7. The molecule has 4 rings (SSSR count). The Hall–Kier alpha value is -2.72. The topological polar surface area (TPSA) is 84.7 Å². The highest BCUT2D eigenvalue weighted by atomic mass is 32.2. The number of ether oxygens (including phenoxy) is 1. The van der Waals surface area contributed by atoms with Gasteiger partial charge in [-0.1, -0.05) is 53.7 Å². The fourth-order valence-electron chi connectivity index (χ4n) is 4.93. The maximum Gasteiger partial charge on any atom is 0.240 e. The van der Waals surface area contributed by atoms with Crippen LogP contribution in [0.5, 0.6) is 5.75 Å². The maximum absolute atomic E-state index is 13.6. The van der Waals surface area contributed by atoms with Crippen LogP contribution in [0.1, 0.15) is 63.7 Å². The Bertz CT molecular complexity index is 1480. The van der Waals surface area contributed by atoms with Gasteiger partial charge >= 0.3 is 0 Å². The van der Waals surface area contributed by atoms with E-state index < -0.39 is 10.0 Å². The largest absolute Gasteiger partial charge is 0.487 e. The maximum atomic E-state index is 13.6. The third-order valence-corrected chi connectivity index (χ3v) is 9.35. The van der Waals surface area contributed by atoms with Crippen LogP contribution in [-0.4, -0.2) is 44.0 Å². The van der Waals surface area contributed by atoms with Crippen molar-refractivity contribution in [3.63, 3.8) is 0 Å². The number of hydrogen-bond donors (Lipinski definition) is 1. The van der Waals surface area contributed by atoms with Crippen molar-refractivity contribution in [3.8, 4) is 5.75 Å². The second kappa shape index (κ2) is 14.0. The molecule has 0 saturated carbocycles. The number of benzene rings is 2. The summed E-state index contributed by atoms with van der Waals surface area (Å²) in [6.45, 7) is 15.9. The van der Waals surface area contributed by atoms with Crippen molar-refractivity contribution in [2.75, 3.05) is 19.6 Å². The Labute approximate surface area is 249 Å². The molecule has 2 aromatic heterocycles. The van der Waals surface area contributed by atoms with Gasteiger partial charge < -0.3 is 14.1 Å². The molecule has 2 heterocycles. The van der Waals surface area contributed by atoms with Gasteiger partial charge in [0.1, 0.15) is 17.9 Å². The van der Waals surface area contributed by atoms with E-state index in [1.165, 1.54) is 0 Å². The standard InChI is InChI=1S/C32H43N3O4S2/c1-22(2)17-35(18-23(3)4)19-27(34-41(36,37)30-11-12-31-26(16-30)13-14-38-31)15-25-7-9-29(10-8-25)39-20-28-21-40-32(33-28)24(5)6/h7-14,16,21-24,27,34H,15,17-20H2,1-6H3/t27-/m0/s1. The number of nitrogens with one attached hydrogen (secondary N) is 1. The van der Waals surface area contributed by atoms with Gasteiger partial charge in [-0.05, 0) is 60.2 Å². The van der Waals surface area contributed by atoms with Gasteiger partial charge in [-0.3, -0.25) is 0 Å². The van der Waals surface area contributed by atoms with Crippen molar-refractivity contribution in [1.82, 2.24) is 14.6 Å². The Morgan fingerprint density at radius 2 is 1.66 bits per heavy atom. The van der Waals surface area contributed by atoms with Crippen LogP contribution < -0.4 is 9.46 Å². The lowest BCUT2D eigenvalue weighted by molar-refractivity contribution is 0.203. The van der Waals surface area contributed by atoms with Crippen molar-refractivity contribution >= 4 is 32.3 Å². The second-order valence-electron chi connectivity index (χ2n) is 11.9. The van der Waals surface area contributed by atoms with Gasteiger partial charge in [-0.15, -0.1) is 11.3 Å². The summed E-state index contributed by atoms with van der Waals surface area (Å²) in [5.41, 5.74) is 2.64. The molecule has 1 atom stereocenters. The molecule has 7 nitrogen and oxygen atoms in total. The van der Waals surface area contributed by atoms with Gasteiger partial charge in [-0.25, -0.2) is 18.1 Å². The van der Waals surface area contributed by atoms with Crippen LogP contribution in [0.15, 0.2) is 69.5 Å². The lowest BCUT2D eigenvalue weighted by atomic mass is 10.0. The zero-order chi connectivity index (χ0) is 29.6.